The quantitative estimate of drug-likeness (QED) is 0.575. The molecule has 132 valence electrons. The van der Waals surface area contributed by atoms with Crippen LogP contribution in [0.1, 0.15) is 19.8 Å². The molecule has 3 N–H and O–H groups in total. The molecule has 6 heteroatoms. The van der Waals surface area contributed by atoms with E-state index in [1.807, 2.05) is 36.5 Å². The first-order valence-corrected chi connectivity index (χ1v) is 8.60. The molecule has 1 heterocycles. The van der Waals surface area contributed by atoms with Crippen LogP contribution in [0.15, 0.2) is 42.6 Å². The molecule has 2 atom stereocenters. The maximum absolute atomic E-state index is 12.1. The number of aryl methyl sites for hydroxylation is 1. The number of nitrogens with one attached hydrogen (secondary N) is 2. The number of hydrogen-bond acceptors (Lipinski definition) is 3. The van der Waals surface area contributed by atoms with Crippen molar-refractivity contribution in [3.8, 4) is 0 Å². The van der Waals surface area contributed by atoms with E-state index in [0.717, 1.165) is 23.9 Å². The number of hydrogen-bond donors (Lipinski definition) is 3. The van der Waals surface area contributed by atoms with Gasteiger partial charge in [-0.1, -0.05) is 25.1 Å². The predicted octanol–water partition coefficient (Wildman–Crippen LogP) is 2.04. The van der Waals surface area contributed by atoms with Crippen LogP contribution in [0.4, 0.5) is 5.69 Å². The van der Waals surface area contributed by atoms with Gasteiger partial charge >= 0.3 is 11.8 Å². The molecule has 2 aromatic rings. The van der Waals surface area contributed by atoms with Crippen LogP contribution in [0, 0.1) is 5.92 Å². The van der Waals surface area contributed by atoms with Crippen LogP contribution in [-0.4, -0.2) is 34.1 Å². The Morgan fingerprint density at radius 2 is 2.08 bits per heavy atom. The Hall–Kier alpha value is -2.60. The van der Waals surface area contributed by atoms with Gasteiger partial charge < -0.3 is 20.3 Å². The van der Waals surface area contributed by atoms with Gasteiger partial charge in [0.05, 0.1) is 5.52 Å². The molecule has 0 saturated carbocycles. The van der Waals surface area contributed by atoms with Crippen LogP contribution in [-0.2, 0) is 16.1 Å². The zero-order chi connectivity index (χ0) is 17.8. The molecule has 1 aromatic heterocycles. The van der Waals surface area contributed by atoms with Crippen molar-refractivity contribution in [2.24, 2.45) is 5.92 Å². The van der Waals surface area contributed by atoms with Gasteiger partial charge in [0.25, 0.3) is 0 Å². The van der Waals surface area contributed by atoms with Crippen LogP contribution in [0.3, 0.4) is 0 Å². The van der Waals surface area contributed by atoms with Gasteiger partial charge in [-0.15, -0.1) is 0 Å². The van der Waals surface area contributed by atoms with Crippen molar-refractivity contribution < 1.29 is 14.7 Å². The summed E-state index contributed by atoms with van der Waals surface area (Å²) >= 11 is 0. The molecule has 1 aliphatic rings. The summed E-state index contributed by atoms with van der Waals surface area (Å²) < 4.78 is 2.13. The van der Waals surface area contributed by atoms with E-state index in [4.69, 9.17) is 5.11 Å². The highest BCUT2D eigenvalue weighted by molar-refractivity contribution is 6.39. The summed E-state index contributed by atoms with van der Waals surface area (Å²) in [5.41, 5.74) is 1.63. The first-order valence-electron chi connectivity index (χ1n) is 8.60. The van der Waals surface area contributed by atoms with Gasteiger partial charge in [-0.3, -0.25) is 9.59 Å². The predicted molar refractivity (Wildman–Crippen MR) is 97.1 cm³/mol. The highest BCUT2D eigenvalue weighted by atomic mass is 16.3. The average molecular weight is 341 g/mol. The molecule has 1 aliphatic carbocycles. The van der Waals surface area contributed by atoms with Gasteiger partial charge in [0.2, 0.25) is 0 Å². The first kappa shape index (κ1) is 17.2. The van der Waals surface area contributed by atoms with E-state index >= 15 is 0 Å². The molecule has 1 aromatic carbocycles. The molecule has 0 unspecified atom stereocenters. The number of carbonyl (C=O) groups excluding carboxylic acids is 2. The first-order chi connectivity index (χ1) is 12.1. The van der Waals surface area contributed by atoms with Crippen molar-refractivity contribution >= 4 is 28.4 Å². The Morgan fingerprint density at radius 1 is 1.24 bits per heavy atom. The van der Waals surface area contributed by atoms with Crippen LogP contribution in [0.25, 0.3) is 10.9 Å². The molecule has 3 rings (SSSR count). The summed E-state index contributed by atoms with van der Waals surface area (Å²) in [5.74, 6) is -1.31. The number of aromatic nitrogens is 1. The maximum Gasteiger partial charge on any atom is 0.313 e. The summed E-state index contributed by atoms with van der Waals surface area (Å²) in [7, 11) is 0. The van der Waals surface area contributed by atoms with Crippen molar-refractivity contribution in [2.45, 2.75) is 32.4 Å². The summed E-state index contributed by atoms with van der Waals surface area (Å²) in [6.45, 7) is 3.06. The highest BCUT2D eigenvalue weighted by Crippen LogP contribution is 2.21. The third-order valence-corrected chi connectivity index (χ3v) is 4.43. The number of carbonyl (C=O) groups is 2. The lowest BCUT2D eigenvalue weighted by atomic mass is 10.1. The largest absolute Gasteiger partial charge is 0.396 e. The molecular weight excluding hydrogens is 318 g/mol. The van der Waals surface area contributed by atoms with Crippen LogP contribution in [0.5, 0.6) is 0 Å². The standard InChI is InChI=1S/C19H23N3O3/c1-2-8-22-9-7-14-4-6-16(11-17(14)22)21-19(25)18(24)20-15-5-3-13(10-15)12-23/h3-7,9,11,13,15,23H,2,8,10,12H2,1H3,(H,20,24)(H,21,25)/t13-,15+/m0/s1. The maximum atomic E-state index is 12.1. The Morgan fingerprint density at radius 3 is 2.80 bits per heavy atom. The van der Waals surface area contributed by atoms with E-state index in [0.29, 0.717) is 12.1 Å². The molecule has 0 radical (unpaired) electrons. The monoisotopic (exact) mass is 341 g/mol. The van der Waals surface area contributed by atoms with E-state index in [9.17, 15) is 9.59 Å². The smallest absolute Gasteiger partial charge is 0.313 e. The number of anilines is 1. The summed E-state index contributed by atoms with van der Waals surface area (Å²) in [4.78, 5) is 24.2. The molecule has 0 aliphatic heterocycles. The topological polar surface area (TPSA) is 83.4 Å². The van der Waals surface area contributed by atoms with E-state index in [1.54, 1.807) is 6.07 Å². The molecule has 2 amide bonds. The van der Waals surface area contributed by atoms with Gasteiger partial charge in [0.15, 0.2) is 0 Å². The lowest BCUT2D eigenvalue weighted by Crippen LogP contribution is -2.40. The number of benzene rings is 1. The van der Waals surface area contributed by atoms with Crippen molar-refractivity contribution in [3.63, 3.8) is 0 Å². The van der Waals surface area contributed by atoms with Gasteiger partial charge in [-0.2, -0.15) is 0 Å². The second kappa shape index (κ2) is 7.53. The van der Waals surface area contributed by atoms with E-state index in [-0.39, 0.29) is 18.6 Å². The zero-order valence-corrected chi connectivity index (χ0v) is 14.2. The molecule has 0 spiro atoms. The number of fused-ring (bicyclic) bond motifs is 1. The second-order valence-corrected chi connectivity index (χ2v) is 6.38. The Kier molecular flexibility index (Phi) is 5.19. The molecule has 6 nitrogen and oxygen atoms in total. The van der Waals surface area contributed by atoms with Crippen molar-refractivity contribution in [2.75, 3.05) is 11.9 Å². The molecule has 0 saturated heterocycles. The van der Waals surface area contributed by atoms with E-state index in [1.165, 1.54) is 0 Å². The molecule has 25 heavy (non-hydrogen) atoms. The lowest BCUT2D eigenvalue weighted by Gasteiger charge is -2.13. The normalized spacial score (nSPS) is 19.3. The second-order valence-electron chi connectivity index (χ2n) is 6.38. The minimum absolute atomic E-state index is 0.0436. The Labute approximate surface area is 146 Å². The number of aliphatic hydroxyl groups excluding tert-OH is 1. The Balaban J connectivity index is 1.64. The number of nitrogens with zero attached hydrogens (tertiary/aromatic N) is 1. The summed E-state index contributed by atoms with van der Waals surface area (Å²) in [6, 6.07) is 7.43. The highest BCUT2D eigenvalue weighted by Gasteiger charge is 2.23. The van der Waals surface area contributed by atoms with Crippen LogP contribution < -0.4 is 10.6 Å². The third kappa shape index (κ3) is 3.91. The van der Waals surface area contributed by atoms with Crippen molar-refractivity contribution in [3.05, 3.63) is 42.6 Å². The molecule has 0 fully saturated rings. The van der Waals surface area contributed by atoms with Crippen LogP contribution >= 0.6 is 0 Å². The minimum Gasteiger partial charge on any atom is -0.396 e. The molecular formula is C19H23N3O3. The minimum atomic E-state index is -0.686. The number of aliphatic hydroxyl groups is 1. The van der Waals surface area contributed by atoms with Gasteiger partial charge in [0, 0.05) is 37.0 Å². The fourth-order valence-corrected chi connectivity index (χ4v) is 3.14. The van der Waals surface area contributed by atoms with Gasteiger partial charge in [-0.25, -0.2) is 0 Å². The number of rotatable bonds is 5. The lowest BCUT2D eigenvalue weighted by molar-refractivity contribution is -0.136. The van der Waals surface area contributed by atoms with Gasteiger partial charge in [0.1, 0.15) is 0 Å². The van der Waals surface area contributed by atoms with Gasteiger partial charge in [-0.05, 0) is 36.4 Å². The Bertz CT molecular complexity index is 809. The fraction of sp³-hybridized carbons (Fsp3) is 0.368. The van der Waals surface area contributed by atoms with E-state index in [2.05, 4.69) is 22.1 Å². The third-order valence-electron chi connectivity index (χ3n) is 4.43. The van der Waals surface area contributed by atoms with Crippen LogP contribution in [0.2, 0.25) is 0 Å². The van der Waals surface area contributed by atoms with Crippen molar-refractivity contribution in [1.29, 1.82) is 0 Å². The summed E-state index contributed by atoms with van der Waals surface area (Å²) in [6.07, 6.45) is 7.34. The SMILES string of the molecule is CCCn1ccc2ccc(NC(=O)C(=O)N[C@@H]3C=C[C@H](CO)C3)cc21. The molecule has 0 bridgehead atoms. The zero-order valence-electron chi connectivity index (χ0n) is 14.2. The van der Waals surface area contributed by atoms with E-state index < -0.39 is 11.8 Å². The average Bonchev–Trinajstić information content (AvgIpc) is 3.22. The van der Waals surface area contributed by atoms with Crippen molar-refractivity contribution in [1.82, 2.24) is 9.88 Å². The fourth-order valence-electron chi connectivity index (χ4n) is 3.14. The summed E-state index contributed by atoms with van der Waals surface area (Å²) in [5, 5.41) is 15.5. The number of amides is 2.